The van der Waals surface area contributed by atoms with Crippen molar-refractivity contribution < 1.29 is 14.3 Å². The average molecular weight is 308 g/mol. The van der Waals surface area contributed by atoms with E-state index in [1.165, 1.54) is 0 Å². The summed E-state index contributed by atoms with van der Waals surface area (Å²) in [5.41, 5.74) is 1.38. The monoisotopic (exact) mass is 307 g/mol. The number of halogens is 1. The summed E-state index contributed by atoms with van der Waals surface area (Å²) in [6.45, 7) is 3.83. The topological polar surface area (TPSA) is 62.5 Å². The van der Waals surface area contributed by atoms with Crippen LogP contribution in [0.15, 0.2) is 34.7 Å². The van der Waals surface area contributed by atoms with Crippen molar-refractivity contribution in [3.05, 3.63) is 41.1 Å². The van der Waals surface area contributed by atoms with Gasteiger partial charge in [-0.2, -0.15) is 0 Å². The number of aliphatic hydroxyl groups is 1. The molecule has 5 heteroatoms. The molecule has 0 unspecified atom stereocenters. The lowest BCUT2D eigenvalue weighted by atomic mass is 10.1. The van der Waals surface area contributed by atoms with E-state index in [-0.39, 0.29) is 12.5 Å². The largest absolute Gasteiger partial charge is 0.459 e. The maximum absolute atomic E-state index is 11.7. The highest BCUT2D eigenvalue weighted by molar-refractivity contribution is 6.33. The van der Waals surface area contributed by atoms with E-state index in [0.717, 1.165) is 5.56 Å². The number of benzene rings is 1. The van der Waals surface area contributed by atoms with Crippen molar-refractivity contribution in [3.63, 3.8) is 0 Å². The summed E-state index contributed by atoms with van der Waals surface area (Å²) in [7, 11) is 0. The predicted octanol–water partition coefficient (Wildman–Crippen LogP) is 4.08. The highest BCUT2D eigenvalue weighted by atomic mass is 35.5. The molecule has 0 bridgehead atoms. The van der Waals surface area contributed by atoms with Gasteiger partial charge in [-0.25, -0.2) is 0 Å². The molecule has 4 nitrogen and oxygen atoms in total. The van der Waals surface area contributed by atoms with Crippen LogP contribution in [0.25, 0.3) is 11.3 Å². The van der Waals surface area contributed by atoms with Crippen LogP contribution in [0.5, 0.6) is 0 Å². The quantitative estimate of drug-likeness (QED) is 0.875. The minimum absolute atomic E-state index is 0.0330. The summed E-state index contributed by atoms with van der Waals surface area (Å²) in [6, 6.07) is 8.71. The maximum atomic E-state index is 11.7. The Bertz CT molecular complexity index is 634. The van der Waals surface area contributed by atoms with Crippen LogP contribution in [0.3, 0.4) is 0 Å². The van der Waals surface area contributed by atoms with Crippen molar-refractivity contribution in [2.24, 2.45) is 5.92 Å². The maximum Gasteiger partial charge on any atom is 0.224 e. The lowest BCUT2D eigenvalue weighted by Gasteiger charge is -2.09. The van der Waals surface area contributed by atoms with E-state index in [0.29, 0.717) is 34.6 Å². The highest BCUT2D eigenvalue weighted by Gasteiger charge is 2.11. The Morgan fingerprint density at radius 3 is 2.67 bits per heavy atom. The summed E-state index contributed by atoms with van der Waals surface area (Å²) < 4.78 is 5.45. The van der Waals surface area contributed by atoms with Gasteiger partial charge in [-0.3, -0.25) is 4.79 Å². The molecule has 0 aliphatic rings. The van der Waals surface area contributed by atoms with E-state index in [1.807, 2.05) is 13.8 Å². The predicted molar refractivity (Wildman–Crippen MR) is 83.2 cm³/mol. The first kappa shape index (κ1) is 15.6. The number of carbonyl (C=O) groups excluding carboxylic acids is 1. The van der Waals surface area contributed by atoms with E-state index in [2.05, 4.69) is 5.32 Å². The van der Waals surface area contributed by atoms with Gasteiger partial charge < -0.3 is 14.8 Å². The number of carbonyl (C=O) groups is 1. The molecule has 0 spiro atoms. The Hall–Kier alpha value is -1.78. The number of amides is 1. The highest BCUT2D eigenvalue weighted by Crippen LogP contribution is 2.31. The van der Waals surface area contributed by atoms with E-state index >= 15 is 0 Å². The van der Waals surface area contributed by atoms with Crippen molar-refractivity contribution in [1.82, 2.24) is 0 Å². The van der Waals surface area contributed by atoms with Crippen molar-refractivity contribution >= 4 is 23.2 Å². The van der Waals surface area contributed by atoms with Crippen molar-refractivity contribution in [3.8, 4) is 11.3 Å². The van der Waals surface area contributed by atoms with E-state index in [1.54, 1.807) is 30.3 Å². The molecule has 2 N–H and O–H groups in total. The summed E-state index contributed by atoms with van der Waals surface area (Å²) >= 11 is 6.23. The number of nitrogens with one attached hydrogen (secondary N) is 1. The van der Waals surface area contributed by atoms with Crippen molar-refractivity contribution in [1.29, 1.82) is 0 Å². The van der Waals surface area contributed by atoms with Crippen LogP contribution in [-0.4, -0.2) is 11.0 Å². The second-order valence-corrected chi connectivity index (χ2v) is 5.67. The molecule has 1 aromatic carbocycles. The number of anilines is 1. The van der Waals surface area contributed by atoms with Gasteiger partial charge in [0.25, 0.3) is 0 Å². The molecule has 0 atom stereocenters. The van der Waals surface area contributed by atoms with Gasteiger partial charge in [-0.15, -0.1) is 0 Å². The van der Waals surface area contributed by atoms with Gasteiger partial charge >= 0.3 is 0 Å². The van der Waals surface area contributed by atoms with Crippen LogP contribution in [0.4, 0.5) is 5.69 Å². The van der Waals surface area contributed by atoms with Gasteiger partial charge in [0.1, 0.15) is 18.1 Å². The SMILES string of the molecule is CC(C)CC(=O)Nc1ccc(-c2ccc(CO)o2)c(Cl)c1. The smallest absolute Gasteiger partial charge is 0.224 e. The summed E-state index contributed by atoms with van der Waals surface area (Å²) in [6.07, 6.45) is 0.470. The molecule has 2 aromatic rings. The third kappa shape index (κ3) is 4.09. The van der Waals surface area contributed by atoms with E-state index < -0.39 is 0 Å². The zero-order valence-electron chi connectivity index (χ0n) is 12.0. The summed E-state index contributed by atoms with van der Waals surface area (Å²) in [5, 5.41) is 12.3. The molecule has 0 saturated heterocycles. The molecular weight excluding hydrogens is 290 g/mol. The van der Waals surface area contributed by atoms with Gasteiger partial charge in [0.15, 0.2) is 0 Å². The summed E-state index contributed by atoms with van der Waals surface area (Å²) in [5.74, 6) is 1.34. The Kier molecular flexibility index (Phi) is 5.04. The first-order chi connectivity index (χ1) is 9.99. The lowest BCUT2D eigenvalue weighted by Crippen LogP contribution is -2.13. The zero-order valence-corrected chi connectivity index (χ0v) is 12.8. The molecule has 0 saturated carbocycles. The van der Waals surface area contributed by atoms with Gasteiger partial charge in [-0.05, 0) is 36.2 Å². The van der Waals surface area contributed by atoms with Crippen molar-refractivity contribution in [2.75, 3.05) is 5.32 Å². The molecule has 1 aromatic heterocycles. The molecule has 21 heavy (non-hydrogen) atoms. The number of rotatable bonds is 5. The molecule has 1 heterocycles. The minimum atomic E-state index is -0.152. The van der Waals surface area contributed by atoms with Crippen LogP contribution in [0.2, 0.25) is 5.02 Å². The van der Waals surface area contributed by atoms with Crippen LogP contribution in [-0.2, 0) is 11.4 Å². The molecule has 0 aliphatic heterocycles. The molecule has 2 rings (SSSR count). The number of hydrogen-bond donors (Lipinski definition) is 2. The van der Waals surface area contributed by atoms with Gasteiger partial charge in [-0.1, -0.05) is 25.4 Å². The van der Waals surface area contributed by atoms with Gasteiger partial charge in [0.05, 0.1) is 5.02 Å². The fraction of sp³-hybridized carbons (Fsp3) is 0.312. The average Bonchev–Trinajstić information content (AvgIpc) is 2.86. The van der Waals surface area contributed by atoms with Crippen LogP contribution < -0.4 is 5.32 Å². The van der Waals surface area contributed by atoms with Crippen LogP contribution >= 0.6 is 11.6 Å². The number of aliphatic hydroxyl groups excluding tert-OH is 1. The summed E-state index contributed by atoms with van der Waals surface area (Å²) in [4.78, 5) is 11.7. The lowest BCUT2D eigenvalue weighted by molar-refractivity contribution is -0.116. The first-order valence-electron chi connectivity index (χ1n) is 6.79. The Morgan fingerprint density at radius 2 is 2.10 bits per heavy atom. The van der Waals surface area contributed by atoms with Crippen LogP contribution in [0, 0.1) is 5.92 Å². The van der Waals surface area contributed by atoms with Gasteiger partial charge in [0, 0.05) is 17.7 Å². The second-order valence-electron chi connectivity index (χ2n) is 5.26. The van der Waals surface area contributed by atoms with E-state index in [4.69, 9.17) is 21.1 Å². The zero-order chi connectivity index (χ0) is 15.4. The third-order valence-electron chi connectivity index (χ3n) is 2.93. The van der Waals surface area contributed by atoms with Crippen molar-refractivity contribution in [2.45, 2.75) is 26.9 Å². The fourth-order valence-electron chi connectivity index (χ4n) is 1.98. The Labute approximate surface area is 128 Å². The van der Waals surface area contributed by atoms with Crippen LogP contribution in [0.1, 0.15) is 26.0 Å². The Balaban J connectivity index is 2.15. The van der Waals surface area contributed by atoms with E-state index in [9.17, 15) is 4.79 Å². The minimum Gasteiger partial charge on any atom is -0.459 e. The molecular formula is C16H18ClNO3. The molecule has 0 radical (unpaired) electrons. The normalized spacial score (nSPS) is 10.9. The Morgan fingerprint density at radius 1 is 1.33 bits per heavy atom. The number of hydrogen-bond acceptors (Lipinski definition) is 3. The second kappa shape index (κ2) is 6.78. The standard InChI is InChI=1S/C16H18ClNO3/c1-10(2)7-16(20)18-11-3-5-13(14(17)8-11)15-6-4-12(9-19)21-15/h3-6,8,10,19H,7,9H2,1-2H3,(H,18,20). The third-order valence-corrected chi connectivity index (χ3v) is 3.24. The fourth-order valence-corrected chi connectivity index (χ4v) is 2.26. The molecule has 112 valence electrons. The number of furan rings is 1. The van der Waals surface area contributed by atoms with Gasteiger partial charge in [0.2, 0.25) is 5.91 Å². The molecule has 0 fully saturated rings. The molecule has 0 aliphatic carbocycles. The first-order valence-corrected chi connectivity index (χ1v) is 7.16. The molecule has 1 amide bonds.